The number of aliphatic hydroxyl groups excluding tert-OH is 1. The van der Waals surface area contributed by atoms with Gasteiger partial charge in [-0.3, -0.25) is 0 Å². The number of benzene rings is 2. The first kappa shape index (κ1) is 18.5. The third-order valence-electron chi connectivity index (χ3n) is 3.88. The lowest BCUT2D eigenvalue weighted by atomic mass is 9.87. The minimum Gasteiger partial charge on any atom is -0.457 e. The fraction of sp³-hybridized carbons (Fsp3) is 0.455. The Morgan fingerprint density at radius 3 is 1.75 bits per heavy atom. The minimum absolute atomic E-state index is 0.120. The Hall–Kier alpha value is -1.80. The van der Waals surface area contributed by atoms with Crippen LogP contribution in [0.4, 0.5) is 0 Å². The topological polar surface area (TPSA) is 29.5 Å². The lowest BCUT2D eigenvalue weighted by Gasteiger charge is -2.21. The second-order valence-electron chi connectivity index (χ2n) is 8.63. The third-order valence-corrected chi connectivity index (χ3v) is 3.88. The standard InChI is InChI=1S/C22H30O2/c1-21(2,3)14-17-8-6-10-19(12-17)24-20-11-7-9-18(13-20)15-22(4,5)16-23/h6-13,23H,14-16H2,1-5H3. The van der Waals surface area contributed by atoms with Crippen molar-refractivity contribution >= 4 is 0 Å². The summed E-state index contributed by atoms with van der Waals surface area (Å²) < 4.78 is 6.06. The molecule has 1 N–H and O–H groups in total. The molecule has 0 aliphatic rings. The lowest BCUT2D eigenvalue weighted by molar-refractivity contribution is 0.159. The second kappa shape index (κ2) is 7.40. The highest BCUT2D eigenvalue weighted by atomic mass is 16.5. The molecule has 24 heavy (non-hydrogen) atoms. The van der Waals surface area contributed by atoms with Crippen LogP contribution in [-0.2, 0) is 12.8 Å². The van der Waals surface area contributed by atoms with Gasteiger partial charge >= 0.3 is 0 Å². The molecule has 0 aromatic heterocycles. The number of hydrogen-bond acceptors (Lipinski definition) is 2. The molecule has 2 heteroatoms. The Morgan fingerprint density at radius 1 is 0.792 bits per heavy atom. The molecule has 0 spiro atoms. The Bertz CT molecular complexity index is 666. The highest BCUT2D eigenvalue weighted by Crippen LogP contribution is 2.28. The van der Waals surface area contributed by atoms with Gasteiger partial charge in [-0.2, -0.15) is 0 Å². The molecule has 2 aromatic carbocycles. The minimum atomic E-state index is -0.120. The van der Waals surface area contributed by atoms with E-state index < -0.39 is 0 Å². The van der Waals surface area contributed by atoms with Crippen LogP contribution in [0, 0.1) is 10.8 Å². The SMILES string of the molecule is CC(C)(C)Cc1cccc(Oc2cccc(CC(C)(C)CO)c2)c1. The molecule has 0 radical (unpaired) electrons. The van der Waals surface area contributed by atoms with Crippen LogP contribution in [0.3, 0.4) is 0 Å². The predicted octanol–water partition coefficient (Wildman–Crippen LogP) is 5.63. The summed E-state index contributed by atoms with van der Waals surface area (Å²) >= 11 is 0. The monoisotopic (exact) mass is 326 g/mol. The van der Waals surface area contributed by atoms with E-state index in [0.29, 0.717) is 0 Å². The van der Waals surface area contributed by atoms with Gasteiger partial charge in [0.2, 0.25) is 0 Å². The first-order valence-corrected chi connectivity index (χ1v) is 8.63. The summed E-state index contributed by atoms with van der Waals surface area (Å²) in [5.41, 5.74) is 2.61. The van der Waals surface area contributed by atoms with E-state index >= 15 is 0 Å². The highest BCUT2D eigenvalue weighted by Gasteiger charge is 2.17. The van der Waals surface area contributed by atoms with Crippen molar-refractivity contribution in [3.05, 3.63) is 59.7 Å². The number of ether oxygens (including phenoxy) is 1. The number of rotatable bonds is 6. The van der Waals surface area contributed by atoms with Crippen molar-refractivity contribution < 1.29 is 9.84 Å². The quantitative estimate of drug-likeness (QED) is 0.745. The zero-order valence-electron chi connectivity index (χ0n) is 15.6. The van der Waals surface area contributed by atoms with Gasteiger partial charge in [0, 0.05) is 6.61 Å². The summed E-state index contributed by atoms with van der Waals surface area (Å²) in [6.45, 7) is 11.0. The van der Waals surface area contributed by atoms with E-state index in [1.54, 1.807) is 0 Å². The Labute approximate surface area is 146 Å². The van der Waals surface area contributed by atoms with Gasteiger partial charge in [-0.15, -0.1) is 0 Å². The zero-order chi connectivity index (χ0) is 17.8. The van der Waals surface area contributed by atoms with Crippen molar-refractivity contribution in [3.63, 3.8) is 0 Å². The van der Waals surface area contributed by atoms with Crippen molar-refractivity contribution in [2.45, 2.75) is 47.5 Å². The third kappa shape index (κ3) is 6.01. The molecular weight excluding hydrogens is 296 g/mol. The van der Waals surface area contributed by atoms with Crippen molar-refractivity contribution in [1.29, 1.82) is 0 Å². The molecule has 0 saturated carbocycles. The van der Waals surface area contributed by atoms with Gasteiger partial charge in [0.25, 0.3) is 0 Å². The molecule has 0 saturated heterocycles. The van der Waals surface area contributed by atoms with Gasteiger partial charge < -0.3 is 9.84 Å². The molecule has 0 aliphatic carbocycles. The fourth-order valence-corrected chi connectivity index (χ4v) is 2.79. The zero-order valence-corrected chi connectivity index (χ0v) is 15.6. The average molecular weight is 326 g/mol. The normalized spacial score (nSPS) is 12.2. The smallest absolute Gasteiger partial charge is 0.127 e. The summed E-state index contributed by atoms with van der Waals surface area (Å²) in [5, 5.41) is 9.45. The van der Waals surface area contributed by atoms with Gasteiger partial charge in [0.05, 0.1) is 0 Å². The first-order valence-electron chi connectivity index (χ1n) is 8.63. The highest BCUT2D eigenvalue weighted by molar-refractivity contribution is 5.36. The molecule has 0 heterocycles. The molecule has 0 unspecified atom stereocenters. The van der Waals surface area contributed by atoms with Crippen molar-refractivity contribution in [2.24, 2.45) is 10.8 Å². The maximum Gasteiger partial charge on any atom is 0.127 e. The van der Waals surface area contributed by atoms with Crippen LogP contribution < -0.4 is 4.74 Å². The van der Waals surface area contributed by atoms with Crippen LogP contribution >= 0.6 is 0 Å². The first-order chi connectivity index (χ1) is 11.2. The van der Waals surface area contributed by atoms with Crippen LogP contribution in [0.25, 0.3) is 0 Å². The van der Waals surface area contributed by atoms with Crippen LogP contribution in [-0.4, -0.2) is 11.7 Å². The summed E-state index contributed by atoms with van der Waals surface area (Å²) in [4.78, 5) is 0. The van der Waals surface area contributed by atoms with Gasteiger partial charge in [-0.25, -0.2) is 0 Å². The summed E-state index contributed by atoms with van der Waals surface area (Å²) in [6.07, 6.45) is 1.85. The Balaban J connectivity index is 2.12. The molecule has 0 fully saturated rings. The van der Waals surface area contributed by atoms with E-state index in [1.807, 2.05) is 18.2 Å². The van der Waals surface area contributed by atoms with E-state index in [1.165, 1.54) is 11.1 Å². The predicted molar refractivity (Wildman–Crippen MR) is 101 cm³/mol. The lowest BCUT2D eigenvalue weighted by Crippen LogP contribution is -2.19. The molecule has 0 bridgehead atoms. The van der Waals surface area contributed by atoms with Gasteiger partial charge in [0.1, 0.15) is 11.5 Å². The molecule has 0 amide bonds. The summed E-state index contributed by atoms with van der Waals surface area (Å²) in [5.74, 6) is 1.71. The second-order valence-corrected chi connectivity index (χ2v) is 8.63. The largest absolute Gasteiger partial charge is 0.457 e. The van der Waals surface area contributed by atoms with E-state index in [9.17, 15) is 5.11 Å². The Kier molecular flexibility index (Phi) is 5.71. The van der Waals surface area contributed by atoms with Gasteiger partial charge in [-0.1, -0.05) is 58.9 Å². The van der Waals surface area contributed by atoms with Gasteiger partial charge in [0.15, 0.2) is 0 Å². The van der Waals surface area contributed by atoms with Crippen LogP contribution in [0.1, 0.15) is 45.7 Å². The van der Waals surface area contributed by atoms with Crippen LogP contribution in [0.2, 0.25) is 0 Å². The van der Waals surface area contributed by atoms with Crippen LogP contribution in [0.15, 0.2) is 48.5 Å². The van der Waals surface area contributed by atoms with E-state index in [0.717, 1.165) is 24.3 Å². The Morgan fingerprint density at radius 2 is 1.29 bits per heavy atom. The molecule has 2 aromatic rings. The summed E-state index contributed by atoms with van der Waals surface area (Å²) in [6, 6.07) is 16.5. The van der Waals surface area contributed by atoms with Crippen LogP contribution in [0.5, 0.6) is 11.5 Å². The maximum atomic E-state index is 9.45. The molecule has 130 valence electrons. The number of aliphatic hydroxyl groups is 1. The fourth-order valence-electron chi connectivity index (χ4n) is 2.79. The molecule has 2 rings (SSSR count). The number of hydrogen-bond donors (Lipinski definition) is 1. The molecule has 0 atom stereocenters. The van der Waals surface area contributed by atoms with Crippen molar-refractivity contribution in [1.82, 2.24) is 0 Å². The van der Waals surface area contributed by atoms with E-state index in [4.69, 9.17) is 4.74 Å². The molecule has 0 aliphatic heterocycles. The van der Waals surface area contributed by atoms with Crippen molar-refractivity contribution in [2.75, 3.05) is 6.61 Å². The molecule has 2 nitrogen and oxygen atoms in total. The van der Waals surface area contributed by atoms with E-state index in [2.05, 4.69) is 65.0 Å². The average Bonchev–Trinajstić information content (AvgIpc) is 2.45. The van der Waals surface area contributed by atoms with Gasteiger partial charge in [-0.05, 0) is 59.1 Å². The maximum absolute atomic E-state index is 9.45. The summed E-state index contributed by atoms with van der Waals surface area (Å²) in [7, 11) is 0. The van der Waals surface area contributed by atoms with Crippen molar-refractivity contribution in [3.8, 4) is 11.5 Å². The van der Waals surface area contributed by atoms with E-state index in [-0.39, 0.29) is 17.4 Å². The molecular formula is C22H30O2.